The number of aromatic amines is 1. The number of carbonyl (C=O) groups is 1. The number of nitrogens with one attached hydrogen (secondary N) is 2. The minimum atomic E-state index is -0.0420. The Bertz CT molecular complexity index is 1340. The fourth-order valence-electron chi connectivity index (χ4n) is 5.22. The van der Waals surface area contributed by atoms with Crippen LogP contribution in [0.5, 0.6) is 5.75 Å². The third kappa shape index (κ3) is 4.79. The molecule has 1 amide bonds. The van der Waals surface area contributed by atoms with Crippen LogP contribution in [0.2, 0.25) is 0 Å². The van der Waals surface area contributed by atoms with Gasteiger partial charge in [0.15, 0.2) is 0 Å². The van der Waals surface area contributed by atoms with E-state index in [2.05, 4.69) is 39.5 Å². The van der Waals surface area contributed by atoms with Crippen LogP contribution in [-0.2, 0) is 19.7 Å². The number of likely N-dealkylation sites (tertiary alicyclic amines) is 1. The number of benzene rings is 3. The Morgan fingerprint density at radius 3 is 2.54 bits per heavy atom. The van der Waals surface area contributed by atoms with Crippen molar-refractivity contribution in [2.75, 3.05) is 13.1 Å². The van der Waals surface area contributed by atoms with Gasteiger partial charge < -0.3 is 15.0 Å². The SMILES string of the molecule is Cl.O=C1NCc2c(OCc3ccccc3)ccc(-c3cc4cc(CN5CCCCC5)ccc4[nH]3)c21. The molecule has 1 saturated heterocycles. The van der Waals surface area contributed by atoms with Crippen LogP contribution in [0.1, 0.15) is 46.3 Å². The summed E-state index contributed by atoms with van der Waals surface area (Å²) in [5.41, 5.74) is 7.07. The molecule has 6 rings (SSSR count). The second-order valence-corrected chi connectivity index (χ2v) is 9.36. The maximum absolute atomic E-state index is 12.8. The zero-order valence-corrected chi connectivity index (χ0v) is 20.5. The van der Waals surface area contributed by atoms with Crippen LogP contribution in [0.15, 0.2) is 66.7 Å². The number of rotatable bonds is 6. The van der Waals surface area contributed by atoms with Crippen LogP contribution < -0.4 is 10.1 Å². The van der Waals surface area contributed by atoms with Crippen LogP contribution in [-0.4, -0.2) is 28.9 Å². The van der Waals surface area contributed by atoms with Crippen LogP contribution >= 0.6 is 12.4 Å². The van der Waals surface area contributed by atoms with Gasteiger partial charge >= 0.3 is 0 Å². The van der Waals surface area contributed by atoms with E-state index in [1.54, 1.807) is 0 Å². The van der Waals surface area contributed by atoms with Gasteiger partial charge in [0, 0.05) is 40.8 Å². The molecule has 180 valence electrons. The van der Waals surface area contributed by atoms with E-state index in [0.717, 1.165) is 40.2 Å². The van der Waals surface area contributed by atoms with Crippen molar-refractivity contribution >= 4 is 29.2 Å². The highest BCUT2D eigenvalue weighted by Gasteiger charge is 2.27. The molecule has 2 aliphatic heterocycles. The Balaban J connectivity index is 0.00000253. The van der Waals surface area contributed by atoms with E-state index in [1.807, 2.05) is 42.5 Å². The van der Waals surface area contributed by atoms with Gasteiger partial charge in [0.1, 0.15) is 12.4 Å². The lowest BCUT2D eigenvalue weighted by Crippen LogP contribution is -2.28. The van der Waals surface area contributed by atoms with E-state index < -0.39 is 0 Å². The molecule has 0 aliphatic carbocycles. The van der Waals surface area contributed by atoms with E-state index in [4.69, 9.17) is 4.74 Å². The third-order valence-electron chi connectivity index (χ3n) is 6.99. The van der Waals surface area contributed by atoms with Crippen molar-refractivity contribution < 1.29 is 9.53 Å². The predicted octanol–water partition coefficient (Wildman–Crippen LogP) is 6.07. The summed E-state index contributed by atoms with van der Waals surface area (Å²) in [5, 5.41) is 4.17. The van der Waals surface area contributed by atoms with Crippen molar-refractivity contribution in [3.63, 3.8) is 0 Å². The second-order valence-electron chi connectivity index (χ2n) is 9.36. The molecule has 0 atom stereocenters. The molecule has 0 spiro atoms. The van der Waals surface area contributed by atoms with Gasteiger partial charge in [-0.15, -0.1) is 12.4 Å². The molecule has 0 unspecified atom stereocenters. The van der Waals surface area contributed by atoms with Gasteiger partial charge in [0.05, 0.1) is 5.56 Å². The van der Waals surface area contributed by atoms with Crippen molar-refractivity contribution in [3.05, 3.63) is 89.0 Å². The van der Waals surface area contributed by atoms with Gasteiger partial charge in [-0.1, -0.05) is 42.8 Å². The zero-order valence-electron chi connectivity index (χ0n) is 19.7. The first kappa shape index (κ1) is 23.5. The summed E-state index contributed by atoms with van der Waals surface area (Å²) in [4.78, 5) is 18.9. The number of amides is 1. The lowest BCUT2D eigenvalue weighted by Gasteiger charge is -2.26. The van der Waals surface area contributed by atoms with Crippen molar-refractivity contribution in [3.8, 4) is 17.0 Å². The maximum atomic E-state index is 12.8. The fraction of sp³-hybridized carbons (Fsp3) is 0.276. The summed E-state index contributed by atoms with van der Waals surface area (Å²) in [7, 11) is 0. The van der Waals surface area contributed by atoms with Crippen LogP contribution in [0.4, 0.5) is 0 Å². The molecule has 3 heterocycles. The lowest BCUT2D eigenvalue weighted by atomic mass is 9.99. The van der Waals surface area contributed by atoms with E-state index in [0.29, 0.717) is 18.7 Å². The predicted molar refractivity (Wildman–Crippen MR) is 142 cm³/mol. The molecule has 1 fully saturated rings. The number of H-pyrrole nitrogens is 1. The molecule has 6 heteroatoms. The average molecular weight is 488 g/mol. The highest BCUT2D eigenvalue weighted by atomic mass is 35.5. The summed E-state index contributed by atoms with van der Waals surface area (Å²) < 4.78 is 6.11. The number of ether oxygens (including phenoxy) is 1. The van der Waals surface area contributed by atoms with Gasteiger partial charge in [0.25, 0.3) is 5.91 Å². The molecule has 35 heavy (non-hydrogen) atoms. The molecule has 4 aromatic rings. The largest absolute Gasteiger partial charge is 0.489 e. The Kier molecular flexibility index (Phi) is 6.80. The molecule has 0 bridgehead atoms. The number of hydrogen-bond acceptors (Lipinski definition) is 3. The van der Waals surface area contributed by atoms with Gasteiger partial charge in [-0.25, -0.2) is 0 Å². The first-order chi connectivity index (χ1) is 16.7. The van der Waals surface area contributed by atoms with Crippen molar-refractivity contribution in [2.24, 2.45) is 0 Å². The third-order valence-corrected chi connectivity index (χ3v) is 6.99. The minimum Gasteiger partial charge on any atom is -0.489 e. The number of aromatic nitrogens is 1. The van der Waals surface area contributed by atoms with Crippen LogP contribution in [0.3, 0.4) is 0 Å². The normalized spacial score (nSPS) is 15.5. The summed E-state index contributed by atoms with van der Waals surface area (Å²) >= 11 is 0. The summed E-state index contributed by atoms with van der Waals surface area (Å²) in [6, 6.07) is 22.9. The van der Waals surface area contributed by atoms with Crippen molar-refractivity contribution in [2.45, 2.75) is 39.0 Å². The lowest BCUT2D eigenvalue weighted by molar-refractivity contribution is 0.0966. The van der Waals surface area contributed by atoms with E-state index >= 15 is 0 Å². The zero-order chi connectivity index (χ0) is 22.9. The van der Waals surface area contributed by atoms with Crippen molar-refractivity contribution in [1.29, 1.82) is 0 Å². The first-order valence-electron chi connectivity index (χ1n) is 12.2. The number of fused-ring (bicyclic) bond motifs is 2. The maximum Gasteiger partial charge on any atom is 0.252 e. The van der Waals surface area contributed by atoms with E-state index in [9.17, 15) is 4.79 Å². The highest BCUT2D eigenvalue weighted by molar-refractivity contribution is 6.05. The molecular weight excluding hydrogens is 458 g/mol. The van der Waals surface area contributed by atoms with Gasteiger partial charge in [0.2, 0.25) is 0 Å². The number of piperidine rings is 1. The van der Waals surface area contributed by atoms with Crippen LogP contribution in [0.25, 0.3) is 22.2 Å². The Hall–Kier alpha value is -3.28. The Morgan fingerprint density at radius 1 is 0.886 bits per heavy atom. The molecule has 0 radical (unpaired) electrons. The van der Waals surface area contributed by atoms with Gasteiger partial charge in [-0.05, 0) is 67.4 Å². The smallest absolute Gasteiger partial charge is 0.252 e. The average Bonchev–Trinajstić information content (AvgIpc) is 3.48. The molecular formula is C29H30ClN3O2. The number of hydrogen-bond donors (Lipinski definition) is 2. The Labute approximate surface area is 211 Å². The molecule has 3 aromatic carbocycles. The summed E-state index contributed by atoms with van der Waals surface area (Å²) in [6.07, 6.45) is 3.95. The van der Waals surface area contributed by atoms with Crippen molar-refractivity contribution in [1.82, 2.24) is 15.2 Å². The molecule has 1 aromatic heterocycles. The first-order valence-corrected chi connectivity index (χ1v) is 12.2. The standard InChI is InChI=1S/C29H29N3O2.ClH/c33-29-28-23(10-12-27(24(28)17-30-29)34-19-20-7-3-1-4-8-20)26-16-22-15-21(9-11-25(22)31-26)18-32-13-5-2-6-14-32;/h1,3-4,7-12,15-16,31H,2,5-6,13-14,17-19H2,(H,30,33);1H. The molecule has 2 aliphatic rings. The van der Waals surface area contributed by atoms with Gasteiger partial charge in [-0.3, -0.25) is 9.69 Å². The monoisotopic (exact) mass is 487 g/mol. The number of nitrogens with zero attached hydrogens (tertiary/aromatic N) is 1. The molecule has 5 nitrogen and oxygen atoms in total. The summed E-state index contributed by atoms with van der Waals surface area (Å²) in [5.74, 6) is 0.723. The highest BCUT2D eigenvalue weighted by Crippen LogP contribution is 2.36. The summed E-state index contributed by atoms with van der Waals surface area (Å²) in [6.45, 7) is 4.35. The topological polar surface area (TPSA) is 57.4 Å². The second kappa shape index (κ2) is 10.1. The minimum absolute atomic E-state index is 0. The quantitative estimate of drug-likeness (QED) is 0.347. The van der Waals surface area contributed by atoms with E-state index in [-0.39, 0.29) is 18.3 Å². The van der Waals surface area contributed by atoms with E-state index in [1.165, 1.54) is 43.3 Å². The number of halogens is 1. The Morgan fingerprint density at radius 2 is 1.71 bits per heavy atom. The molecule has 0 saturated carbocycles. The molecule has 2 N–H and O–H groups in total. The fourth-order valence-corrected chi connectivity index (χ4v) is 5.22. The number of carbonyl (C=O) groups excluding carboxylic acids is 1. The van der Waals surface area contributed by atoms with Crippen LogP contribution in [0, 0.1) is 0 Å². The van der Waals surface area contributed by atoms with Gasteiger partial charge in [-0.2, -0.15) is 0 Å².